The average molecular weight is 517 g/mol. The third-order valence-corrected chi connectivity index (χ3v) is 12.5. The van der Waals surface area contributed by atoms with E-state index in [1.807, 2.05) is 60.7 Å². The SMILES string of the molecule is CC(=O)O[C@@H]1[C@@H](O[Si](C)(C)C(C)(C)C)[C@@H]2OC(c3ccccc3)OC[C@H]2O[C@H]1Sc1ccccc1. The standard InChI is InChI=1S/C27H36O6SSi/c1-18(28)30-24-23(33-35(5,6)27(2,3)4)22-21(31-26(24)34-20-15-11-8-12-16-20)17-29-25(32-22)19-13-9-7-10-14-19/h7-16,21-26H,17H2,1-6H3/t21-,22-,23+,24-,25?,26+/m1/s1. The summed E-state index contributed by atoms with van der Waals surface area (Å²) in [7, 11) is -2.26. The van der Waals surface area contributed by atoms with E-state index in [4.69, 9.17) is 23.4 Å². The highest BCUT2D eigenvalue weighted by atomic mass is 32.2. The van der Waals surface area contributed by atoms with Crippen molar-refractivity contribution in [2.24, 2.45) is 0 Å². The number of ether oxygens (including phenoxy) is 4. The van der Waals surface area contributed by atoms with Crippen molar-refractivity contribution < 1.29 is 28.2 Å². The molecule has 0 saturated carbocycles. The zero-order valence-corrected chi connectivity index (χ0v) is 23.1. The number of thioether (sulfide) groups is 1. The number of benzene rings is 2. The summed E-state index contributed by atoms with van der Waals surface area (Å²) in [5.74, 6) is -0.369. The van der Waals surface area contributed by atoms with Gasteiger partial charge < -0.3 is 23.4 Å². The van der Waals surface area contributed by atoms with Crippen molar-refractivity contribution in [2.45, 2.75) is 86.9 Å². The molecule has 0 aromatic heterocycles. The van der Waals surface area contributed by atoms with E-state index < -0.39 is 38.4 Å². The zero-order chi connectivity index (χ0) is 25.2. The summed E-state index contributed by atoms with van der Waals surface area (Å²) < 4.78 is 32.0. The molecule has 2 aromatic rings. The van der Waals surface area contributed by atoms with Gasteiger partial charge in [0.1, 0.15) is 23.7 Å². The molecule has 0 amide bonds. The van der Waals surface area contributed by atoms with Crippen molar-refractivity contribution in [3.05, 3.63) is 66.2 Å². The van der Waals surface area contributed by atoms with E-state index in [0.29, 0.717) is 6.61 Å². The molecule has 6 atom stereocenters. The van der Waals surface area contributed by atoms with Crippen LogP contribution in [0.25, 0.3) is 0 Å². The topological polar surface area (TPSA) is 63.2 Å². The van der Waals surface area contributed by atoms with E-state index in [9.17, 15) is 4.79 Å². The summed E-state index contributed by atoms with van der Waals surface area (Å²) in [5, 5.41) is -0.0341. The molecule has 2 aliphatic heterocycles. The van der Waals surface area contributed by atoms with Crippen molar-refractivity contribution in [1.82, 2.24) is 0 Å². The predicted molar refractivity (Wildman–Crippen MR) is 139 cm³/mol. The van der Waals surface area contributed by atoms with Gasteiger partial charge in [0.15, 0.2) is 20.7 Å². The highest BCUT2D eigenvalue weighted by Gasteiger charge is 2.55. The number of carbonyl (C=O) groups is 1. The van der Waals surface area contributed by atoms with Crippen LogP contribution in [-0.2, 0) is 28.2 Å². The zero-order valence-electron chi connectivity index (χ0n) is 21.3. The molecular weight excluding hydrogens is 480 g/mol. The number of hydrogen-bond acceptors (Lipinski definition) is 7. The molecule has 2 aromatic carbocycles. The van der Waals surface area contributed by atoms with Gasteiger partial charge in [0, 0.05) is 17.4 Å². The Labute approximate surface area is 213 Å². The van der Waals surface area contributed by atoms with Crippen LogP contribution in [0, 0.1) is 0 Å². The molecule has 190 valence electrons. The fourth-order valence-corrected chi connectivity index (χ4v) is 6.45. The van der Waals surface area contributed by atoms with E-state index in [1.165, 1.54) is 18.7 Å². The number of hydrogen-bond donors (Lipinski definition) is 0. The number of carbonyl (C=O) groups excluding carboxylic acids is 1. The summed E-state index contributed by atoms with van der Waals surface area (Å²) in [4.78, 5) is 13.3. The number of fused-ring (bicyclic) bond motifs is 1. The van der Waals surface area contributed by atoms with Crippen LogP contribution in [0.4, 0.5) is 0 Å². The Kier molecular flexibility index (Phi) is 8.10. The van der Waals surface area contributed by atoms with Gasteiger partial charge in [-0.1, -0.05) is 81.1 Å². The largest absolute Gasteiger partial charge is 0.456 e. The van der Waals surface area contributed by atoms with Gasteiger partial charge in [-0.2, -0.15) is 0 Å². The smallest absolute Gasteiger partial charge is 0.303 e. The van der Waals surface area contributed by atoms with Crippen LogP contribution >= 0.6 is 11.8 Å². The van der Waals surface area contributed by atoms with E-state index in [0.717, 1.165) is 10.5 Å². The first-order valence-electron chi connectivity index (χ1n) is 12.1. The van der Waals surface area contributed by atoms with E-state index in [2.05, 4.69) is 33.9 Å². The summed E-state index contributed by atoms with van der Waals surface area (Å²) in [6.07, 6.45) is -2.46. The molecule has 2 fully saturated rings. The molecule has 6 nitrogen and oxygen atoms in total. The molecule has 0 radical (unpaired) electrons. The summed E-state index contributed by atoms with van der Waals surface area (Å²) in [5.41, 5.74) is 0.472. The molecule has 2 saturated heterocycles. The van der Waals surface area contributed by atoms with E-state index >= 15 is 0 Å². The van der Waals surface area contributed by atoms with Crippen LogP contribution in [0.2, 0.25) is 18.1 Å². The number of rotatable bonds is 6. The predicted octanol–water partition coefficient (Wildman–Crippen LogP) is 5.94. The van der Waals surface area contributed by atoms with Gasteiger partial charge in [0.05, 0.1) is 6.61 Å². The van der Waals surface area contributed by atoms with Crippen LogP contribution in [0.1, 0.15) is 39.5 Å². The van der Waals surface area contributed by atoms with Crippen LogP contribution in [0.5, 0.6) is 0 Å². The van der Waals surface area contributed by atoms with Gasteiger partial charge in [0.2, 0.25) is 0 Å². The molecule has 1 unspecified atom stereocenters. The lowest BCUT2D eigenvalue weighted by molar-refractivity contribution is -0.317. The molecule has 0 aliphatic carbocycles. The molecule has 0 spiro atoms. The summed E-state index contributed by atoms with van der Waals surface area (Å²) in [6.45, 7) is 12.8. The first-order chi connectivity index (χ1) is 16.5. The Bertz CT molecular complexity index is 980. The Morgan fingerprint density at radius 2 is 1.60 bits per heavy atom. The third kappa shape index (κ3) is 6.18. The third-order valence-electron chi connectivity index (χ3n) is 6.89. The quantitative estimate of drug-likeness (QED) is 0.348. The van der Waals surface area contributed by atoms with Crippen molar-refractivity contribution in [2.75, 3.05) is 6.61 Å². The van der Waals surface area contributed by atoms with Crippen molar-refractivity contribution >= 4 is 26.0 Å². The van der Waals surface area contributed by atoms with E-state index in [-0.39, 0.29) is 17.1 Å². The Morgan fingerprint density at radius 3 is 2.20 bits per heavy atom. The van der Waals surface area contributed by atoms with Crippen molar-refractivity contribution in [1.29, 1.82) is 0 Å². The Hall–Kier alpha value is -1.68. The van der Waals surface area contributed by atoms with Crippen LogP contribution in [0.3, 0.4) is 0 Å². The second-order valence-electron chi connectivity index (χ2n) is 10.6. The van der Waals surface area contributed by atoms with Gasteiger partial charge >= 0.3 is 5.97 Å². The monoisotopic (exact) mass is 516 g/mol. The lowest BCUT2D eigenvalue weighted by Gasteiger charge is -2.51. The second kappa shape index (κ2) is 10.7. The Balaban J connectivity index is 1.69. The number of esters is 1. The molecule has 0 N–H and O–H groups in total. The molecule has 4 rings (SSSR count). The average Bonchev–Trinajstić information content (AvgIpc) is 2.81. The maximum Gasteiger partial charge on any atom is 0.303 e. The molecule has 35 heavy (non-hydrogen) atoms. The van der Waals surface area contributed by atoms with Gasteiger partial charge in [-0.25, -0.2) is 0 Å². The highest BCUT2D eigenvalue weighted by molar-refractivity contribution is 7.99. The lowest BCUT2D eigenvalue weighted by atomic mass is 9.98. The first kappa shape index (κ1) is 26.4. The molecule has 2 heterocycles. The molecular formula is C27H36O6SSi. The minimum Gasteiger partial charge on any atom is -0.456 e. The highest BCUT2D eigenvalue weighted by Crippen LogP contribution is 2.45. The first-order valence-corrected chi connectivity index (χ1v) is 15.9. The van der Waals surface area contributed by atoms with Crippen molar-refractivity contribution in [3.63, 3.8) is 0 Å². The van der Waals surface area contributed by atoms with Crippen LogP contribution < -0.4 is 0 Å². The minimum atomic E-state index is -2.26. The van der Waals surface area contributed by atoms with Crippen LogP contribution in [-0.4, -0.2) is 50.7 Å². The van der Waals surface area contributed by atoms with Gasteiger partial charge in [-0.15, -0.1) is 0 Å². The Morgan fingerprint density at radius 1 is 0.971 bits per heavy atom. The van der Waals surface area contributed by atoms with Crippen LogP contribution in [0.15, 0.2) is 65.6 Å². The van der Waals surface area contributed by atoms with Gasteiger partial charge in [-0.05, 0) is 30.3 Å². The molecule has 0 bridgehead atoms. The maximum absolute atomic E-state index is 12.3. The fourth-order valence-electron chi connectivity index (χ4n) is 4.02. The molecule has 2 aliphatic rings. The second-order valence-corrected chi connectivity index (χ2v) is 16.5. The minimum absolute atomic E-state index is 0.0341. The maximum atomic E-state index is 12.3. The normalized spacial score (nSPS) is 29.3. The summed E-state index contributed by atoms with van der Waals surface area (Å²) >= 11 is 1.53. The summed E-state index contributed by atoms with van der Waals surface area (Å²) in [6, 6.07) is 19.8. The van der Waals surface area contributed by atoms with Crippen molar-refractivity contribution in [3.8, 4) is 0 Å². The molecule has 8 heteroatoms. The lowest BCUT2D eigenvalue weighted by Crippen LogP contribution is -2.65. The van der Waals surface area contributed by atoms with Gasteiger partial charge in [0.25, 0.3) is 0 Å². The van der Waals surface area contributed by atoms with Gasteiger partial charge in [-0.3, -0.25) is 4.79 Å². The van der Waals surface area contributed by atoms with E-state index in [1.54, 1.807) is 0 Å². The fraction of sp³-hybridized carbons (Fsp3) is 0.519.